The van der Waals surface area contributed by atoms with Crippen molar-refractivity contribution < 1.29 is 22.3 Å². The van der Waals surface area contributed by atoms with Gasteiger partial charge in [-0.15, -0.1) is 13.2 Å². The zero-order valence-electron chi connectivity index (χ0n) is 6.20. The second-order valence-electron chi connectivity index (χ2n) is 2.09. The van der Waals surface area contributed by atoms with Gasteiger partial charge in [0.25, 0.3) is 0 Å². The largest absolute Gasteiger partial charge is 0.574 e. The molecule has 0 bridgehead atoms. The minimum absolute atomic E-state index is 0.480. The zero-order chi connectivity index (χ0) is 10.9. The molecule has 78 valence electrons. The molecule has 1 aromatic heterocycles. The molecule has 2 nitrogen and oxygen atoms in total. The van der Waals surface area contributed by atoms with Crippen molar-refractivity contribution in [2.75, 3.05) is 0 Å². The summed E-state index contributed by atoms with van der Waals surface area (Å²) in [5.41, 5.74) is 0. The van der Waals surface area contributed by atoms with Crippen LogP contribution < -0.4 is 4.74 Å². The van der Waals surface area contributed by atoms with Crippen molar-refractivity contribution in [3.8, 4) is 5.88 Å². The molecule has 0 unspecified atom stereocenters. The highest BCUT2D eigenvalue weighted by molar-refractivity contribution is 6.33. The summed E-state index contributed by atoms with van der Waals surface area (Å²) in [7, 11) is 0. The van der Waals surface area contributed by atoms with Gasteiger partial charge in [-0.05, 0) is 0 Å². The lowest BCUT2D eigenvalue weighted by molar-refractivity contribution is -0.276. The van der Waals surface area contributed by atoms with E-state index in [4.69, 9.17) is 23.2 Å². The summed E-state index contributed by atoms with van der Waals surface area (Å²) in [5.74, 6) is -2.24. The Bertz CT molecular complexity index is 354. The summed E-state index contributed by atoms with van der Waals surface area (Å²) in [6, 6.07) is 0.674. The maximum absolute atomic E-state index is 12.7. The predicted molar refractivity (Wildman–Crippen MR) is 40.9 cm³/mol. The summed E-state index contributed by atoms with van der Waals surface area (Å²) in [6.45, 7) is 0. The molecule has 14 heavy (non-hydrogen) atoms. The lowest BCUT2D eigenvalue weighted by Gasteiger charge is -2.09. The van der Waals surface area contributed by atoms with E-state index in [0.717, 1.165) is 0 Å². The first-order chi connectivity index (χ1) is 6.29. The highest BCUT2D eigenvalue weighted by atomic mass is 35.5. The van der Waals surface area contributed by atoms with Crippen LogP contribution in [0.4, 0.5) is 17.6 Å². The highest BCUT2D eigenvalue weighted by Crippen LogP contribution is 2.31. The van der Waals surface area contributed by atoms with Crippen LogP contribution in [0.3, 0.4) is 0 Å². The van der Waals surface area contributed by atoms with Gasteiger partial charge in [-0.25, -0.2) is 4.39 Å². The Balaban J connectivity index is 3.09. The Labute approximate surface area is 85.4 Å². The minimum atomic E-state index is -4.99. The molecule has 0 atom stereocenters. The van der Waals surface area contributed by atoms with E-state index in [2.05, 4.69) is 9.72 Å². The van der Waals surface area contributed by atoms with Gasteiger partial charge in [-0.1, -0.05) is 23.2 Å². The number of pyridine rings is 1. The van der Waals surface area contributed by atoms with E-state index in [0.29, 0.717) is 6.07 Å². The average molecular weight is 250 g/mol. The van der Waals surface area contributed by atoms with Gasteiger partial charge in [0.05, 0.1) is 0 Å². The molecule has 0 N–H and O–H groups in total. The van der Waals surface area contributed by atoms with Crippen molar-refractivity contribution in [3.63, 3.8) is 0 Å². The van der Waals surface area contributed by atoms with E-state index in [-0.39, 0.29) is 0 Å². The summed E-state index contributed by atoms with van der Waals surface area (Å²) < 4.78 is 51.1. The lowest BCUT2D eigenvalue weighted by atomic mass is 10.4. The molecule has 0 saturated carbocycles. The molecule has 0 aliphatic rings. The van der Waals surface area contributed by atoms with Gasteiger partial charge in [0, 0.05) is 6.07 Å². The maximum atomic E-state index is 12.7. The topological polar surface area (TPSA) is 22.1 Å². The van der Waals surface area contributed by atoms with E-state index in [1.165, 1.54) is 0 Å². The van der Waals surface area contributed by atoms with Gasteiger partial charge in [-0.3, -0.25) is 0 Å². The molecule has 0 fully saturated rings. The van der Waals surface area contributed by atoms with Crippen LogP contribution in [0.2, 0.25) is 10.2 Å². The normalized spacial score (nSPS) is 11.6. The molecule has 0 spiro atoms. The SMILES string of the molecule is Fc1cc(Cl)nc(OC(F)(F)F)c1Cl. The molecule has 0 aliphatic carbocycles. The number of ether oxygens (including phenoxy) is 1. The average Bonchev–Trinajstić information content (AvgIpc) is 1.96. The Morgan fingerprint density at radius 2 is 1.86 bits per heavy atom. The molecule has 1 heterocycles. The van der Waals surface area contributed by atoms with Crippen LogP contribution in [0.15, 0.2) is 6.07 Å². The number of hydrogen-bond donors (Lipinski definition) is 0. The van der Waals surface area contributed by atoms with Crippen LogP contribution in [-0.4, -0.2) is 11.3 Å². The number of rotatable bonds is 1. The van der Waals surface area contributed by atoms with Crippen molar-refractivity contribution in [3.05, 3.63) is 22.1 Å². The smallest absolute Gasteiger partial charge is 0.386 e. The monoisotopic (exact) mass is 249 g/mol. The number of aromatic nitrogens is 1. The van der Waals surface area contributed by atoms with Crippen molar-refractivity contribution in [1.82, 2.24) is 4.98 Å². The second-order valence-corrected chi connectivity index (χ2v) is 2.86. The Kier molecular flexibility index (Phi) is 3.06. The fourth-order valence-corrected chi connectivity index (χ4v) is 0.934. The Morgan fingerprint density at radius 3 is 2.36 bits per heavy atom. The third kappa shape index (κ3) is 2.88. The summed E-state index contributed by atoms with van der Waals surface area (Å²) >= 11 is 10.3. The molecule has 0 saturated heterocycles. The number of halogens is 6. The third-order valence-corrected chi connectivity index (χ3v) is 1.60. The standard InChI is InChI=1S/C6HCl2F4NO/c7-3-1-2(9)4(8)5(13-3)14-6(10,11)12/h1H. The first kappa shape index (κ1) is 11.3. The molecule has 1 rings (SSSR count). The van der Waals surface area contributed by atoms with Crippen LogP contribution in [0.25, 0.3) is 0 Å². The van der Waals surface area contributed by atoms with E-state index >= 15 is 0 Å². The van der Waals surface area contributed by atoms with E-state index in [9.17, 15) is 17.6 Å². The molecular formula is C6HCl2F4NO. The molecular weight excluding hydrogens is 249 g/mol. The summed E-state index contributed by atoms with van der Waals surface area (Å²) in [5, 5.41) is -1.35. The van der Waals surface area contributed by atoms with Gasteiger partial charge in [0.2, 0.25) is 5.88 Å². The van der Waals surface area contributed by atoms with Gasteiger partial charge in [-0.2, -0.15) is 4.98 Å². The van der Waals surface area contributed by atoms with E-state index in [1.807, 2.05) is 0 Å². The van der Waals surface area contributed by atoms with Gasteiger partial charge >= 0.3 is 6.36 Å². The maximum Gasteiger partial charge on any atom is 0.574 e. The first-order valence-corrected chi connectivity index (χ1v) is 3.82. The molecule has 8 heteroatoms. The molecule has 0 radical (unpaired) electrons. The minimum Gasteiger partial charge on any atom is -0.386 e. The van der Waals surface area contributed by atoms with Crippen LogP contribution in [0, 0.1) is 5.82 Å². The first-order valence-electron chi connectivity index (χ1n) is 3.07. The Hall–Kier alpha value is -0.750. The number of hydrogen-bond acceptors (Lipinski definition) is 2. The lowest BCUT2D eigenvalue weighted by Crippen LogP contribution is -2.18. The zero-order valence-corrected chi connectivity index (χ0v) is 7.71. The van der Waals surface area contributed by atoms with Gasteiger partial charge in [0.1, 0.15) is 16.0 Å². The van der Waals surface area contributed by atoms with Crippen LogP contribution in [0.1, 0.15) is 0 Å². The van der Waals surface area contributed by atoms with Crippen molar-refractivity contribution in [1.29, 1.82) is 0 Å². The number of nitrogens with zero attached hydrogens (tertiary/aromatic N) is 1. The van der Waals surface area contributed by atoms with Crippen LogP contribution in [-0.2, 0) is 0 Å². The fourth-order valence-electron chi connectivity index (χ4n) is 0.626. The third-order valence-electron chi connectivity index (χ3n) is 1.06. The van der Waals surface area contributed by atoms with Crippen molar-refractivity contribution in [2.45, 2.75) is 6.36 Å². The van der Waals surface area contributed by atoms with E-state index in [1.54, 1.807) is 0 Å². The summed E-state index contributed by atoms with van der Waals surface area (Å²) in [4.78, 5) is 3.07. The molecule has 0 amide bonds. The fraction of sp³-hybridized carbons (Fsp3) is 0.167. The molecule has 0 aromatic carbocycles. The molecule has 0 aliphatic heterocycles. The quantitative estimate of drug-likeness (QED) is 0.562. The Morgan fingerprint density at radius 1 is 1.29 bits per heavy atom. The van der Waals surface area contributed by atoms with Gasteiger partial charge in [0.15, 0.2) is 0 Å². The second kappa shape index (κ2) is 3.78. The van der Waals surface area contributed by atoms with Crippen molar-refractivity contribution >= 4 is 23.2 Å². The van der Waals surface area contributed by atoms with Crippen molar-refractivity contribution in [2.24, 2.45) is 0 Å². The van der Waals surface area contributed by atoms with Gasteiger partial charge < -0.3 is 4.74 Å². The van der Waals surface area contributed by atoms with Crippen LogP contribution in [0.5, 0.6) is 5.88 Å². The molecule has 1 aromatic rings. The highest BCUT2D eigenvalue weighted by Gasteiger charge is 2.33. The van der Waals surface area contributed by atoms with Crippen LogP contribution >= 0.6 is 23.2 Å². The predicted octanol–water partition coefficient (Wildman–Crippen LogP) is 3.43. The summed E-state index contributed by atoms with van der Waals surface area (Å²) in [6.07, 6.45) is -4.99. The van der Waals surface area contributed by atoms with E-state index < -0.39 is 28.2 Å². The number of alkyl halides is 3.